The fourth-order valence-corrected chi connectivity index (χ4v) is 9.43. The van der Waals surface area contributed by atoms with Crippen LogP contribution in [0.2, 0.25) is 0 Å². The van der Waals surface area contributed by atoms with Crippen molar-refractivity contribution in [1.29, 1.82) is 0 Å². The minimum atomic E-state index is 1.11. The van der Waals surface area contributed by atoms with Crippen LogP contribution in [-0.2, 0) is 0 Å². The summed E-state index contributed by atoms with van der Waals surface area (Å²) in [6.45, 7) is 6.12. The molecule has 0 unspecified atom stereocenters. The van der Waals surface area contributed by atoms with E-state index in [1.165, 1.54) is 81.0 Å². The normalized spacial score (nSPS) is 11.7. The maximum atomic E-state index is 3.92. The topological polar surface area (TPSA) is 8.17 Å². The van der Waals surface area contributed by atoms with Crippen LogP contribution in [0.1, 0.15) is 11.1 Å². The summed E-state index contributed by atoms with van der Waals surface area (Å²) in [5.41, 5.74) is 14.1. The van der Waals surface area contributed by atoms with Gasteiger partial charge in [-0.25, -0.2) is 0 Å². The number of allylic oxidation sites excluding steroid dienone is 2. The van der Waals surface area contributed by atoms with Gasteiger partial charge in [-0.2, -0.15) is 0 Å². The molecule has 8 aromatic carbocycles. The van der Waals surface area contributed by atoms with Gasteiger partial charge in [-0.3, -0.25) is 0 Å². The molecular weight excluding hydrogens is 697 g/mol. The molecule has 0 aliphatic carbocycles. The van der Waals surface area contributed by atoms with Gasteiger partial charge in [-0.1, -0.05) is 134 Å². The van der Waals surface area contributed by atoms with Crippen molar-refractivity contribution in [2.45, 2.75) is 6.92 Å². The van der Waals surface area contributed by atoms with Crippen LogP contribution in [0, 0.1) is 6.92 Å². The summed E-state index contributed by atoms with van der Waals surface area (Å²) in [4.78, 5) is 2.44. The molecule has 266 valence electrons. The Morgan fingerprint density at radius 1 is 0.536 bits per heavy atom. The number of aryl methyl sites for hydroxylation is 1. The first-order valence-corrected chi connectivity index (χ1v) is 19.9. The van der Waals surface area contributed by atoms with E-state index in [1.54, 1.807) is 0 Å². The molecule has 10 rings (SSSR count). The van der Waals surface area contributed by atoms with E-state index in [0.29, 0.717) is 0 Å². The predicted octanol–water partition coefficient (Wildman–Crippen LogP) is 15.5. The van der Waals surface area contributed by atoms with Gasteiger partial charge in [-0.15, -0.1) is 11.3 Å². The first kappa shape index (κ1) is 33.6. The fraction of sp³-hybridized carbons (Fsp3) is 0.0189. The minimum absolute atomic E-state index is 1.11. The molecule has 0 N–H and O–H groups in total. The largest absolute Gasteiger partial charge is 0.310 e. The number of hydrogen-bond acceptors (Lipinski definition) is 2. The van der Waals surface area contributed by atoms with Gasteiger partial charge < -0.3 is 9.47 Å². The van der Waals surface area contributed by atoms with Crippen molar-refractivity contribution in [2.24, 2.45) is 0 Å². The number of rotatable bonds is 8. The molecule has 3 heteroatoms. The summed E-state index contributed by atoms with van der Waals surface area (Å²) >= 11 is 1.85. The highest BCUT2D eigenvalue weighted by Gasteiger charge is 2.21. The number of hydrogen-bond donors (Lipinski definition) is 0. The highest BCUT2D eigenvalue weighted by molar-refractivity contribution is 7.26. The van der Waals surface area contributed by atoms with Crippen LogP contribution in [-0.4, -0.2) is 4.57 Å². The number of anilines is 3. The Morgan fingerprint density at radius 3 is 2.05 bits per heavy atom. The van der Waals surface area contributed by atoms with Crippen LogP contribution in [0.4, 0.5) is 17.1 Å². The lowest BCUT2D eigenvalue weighted by atomic mass is 9.97. The number of fused-ring (bicyclic) bond motifs is 6. The van der Waals surface area contributed by atoms with Crippen LogP contribution in [0.25, 0.3) is 76.0 Å². The molecule has 56 heavy (non-hydrogen) atoms. The Balaban J connectivity index is 1.20. The Kier molecular flexibility index (Phi) is 8.43. The van der Waals surface area contributed by atoms with Crippen molar-refractivity contribution >= 4 is 76.5 Å². The van der Waals surface area contributed by atoms with E-state index in [0.717, 1.165) is 17.1 Å². The summed E-state index contributed by atoms with van der Waals surface area (Å²) in [6, 6.07) is 66.3. The van der Waals surface area contributed by atoms with E-state index in [-0.39, 0.29) is 0 Å². The van der Waals surface area contributed by atoms with Gasteiger partial charge in [0.05, 0.1) is 16.7 Å². The van der Waals surface area contributed by atoms with Crippen molar-refractivity contribution in [3.63, 3.8) is 0 Å². The van der Waals surface area contributed by atoms with E-state index < -0.39 is 0 Å². The van der Waals surface area contributed by atoms with Gasteiger partial charge in [-0.05, 0) is 113 Å². The number of para-hydroxylation sites is 1. The van der Waals surface area contributed by atoms with Gasteiger partial charge in [0.1, 0.15) is 0 Å². The molecule has 0 atom stereocenters. The maximum absolute atomic E-state index is 3.92. The van der Waals surface area contributed by atoms with Crippen LogP contribution in [0.3, 0.4) is 0 Å². The monoisotopic (exact) mass is 734 g/mol. The summed E-state index contributed by atoms with van der Waals surface area (Å²) in [7, 11) is 0. The smallest absolute Gasteiger partial charge is 0.0554 e. The summed E-state index contributed by atoms with van der Waals surface area (Å²) in [5.74, 6) is 0. The first-order chi connectivity index (χ1) is 27.7. The number of thiophene rings is 1. The van der Waals surface area contributed by atoms with Crippen LogP contribution < -0.4 is 4.90 Å². The fourth-order valence-electron chi connectivity index (χ4n) is 8.30. The second-order valence-electron chi connectivity index (χ2n) is 14.2. The van der Waals surface area contributed by atoms with Crippen molar-refractivity contribution in [3.05, 3.63) is 212 Å². The van der Waals surface area contributed by atoms with Crippen LogP contribution in [0.5, 0.6) is 0 Å². The Morgan fingerprint density at radius 2 is 1.23 bits per heavy atom. The molecule has 2 heterocycles. The van der Waals surface area contributed by atoms with Gasteiger partial charge in [0, 0.05) is 48.0 Å². The number of nitrogens with zero attached hydrogens (tertiary/aromatic N) is 2. The van der Waals surface area contributed by atoms with Crippen molar-refractivity contribution in [3.8, 4) is 27.9 Å². The molecule has 10 aromatic rings. The van der Waals surface area contributed by atoms with E-state index in [4.69, 9.17) is 0 Å². The molecule has 0 radical (unpaired) electrons. The standard InChI is InChI=1S/C53H38N2S/c1-3-4-16-39-35-49-46(33-36(39)2)52-44(24-14-25-47(52)55(49)41-20-9-6-10-21-41)40-19-13-22-43(34-40)54(42-31-29-38(30-32-42)37-17-7-5-8-18-37)48-26-15-28-51-53(48)45-23-11-12-27-50(45)56-51/h3-35H,1H2,2H3/b16-4-. The second-order valence-corrected chi connectivity index (χ2v) is 15.3. The molecule has 0 aliphatic heterocycles. The summed E-state index contributed by atoms with van der Waals surface area (Å²) in [5, 5.41) is 5.04. The van der Waals surface area contributed by atoms with E-state index in [9.17, 15) is 0 Å². The van der Waals surface area contributed by atoms with Crippen molar-refractivity contribution in [2.75, 3.05) is 4.90 Å². The second kappa shape index (κ2) is 14.0. The lowest BCUT2D eigenvalue weighted by Gasteiger charge is -2.27. The highest BCUT2D eigenvalue weighted by Crippen LogP contribution is 2.46. The Labute approximate surface area is 331 Å². The molecule has 0 bridgehead atoms. The highest BCUT2D eigenvalue weighted by atomic mass is 32.1. The summed E-state index contributed by atoms with van der Waals surface area (Å²) < 4.78 is 4.98. The molecular formula is C53H38N2S. The molecule has 0 fully saturated rings. The molecule has 0 spiro atoms. The molecule has 0 saturated heterocycles. The number of aromatic nitrogens is 1. The van der Waals surface area contributed by atoms with E-state index in [1.807, 2.05) is 23.5 Å². The number of benzene rings is 8. The average Bonchev–Trinajstić information content (AvgIpc) is 3.80. The quantitative estimate of drug-likeness (QED) is 0.141. The third-order valence-corrected chi connectivity index (χ3v) is 12.0. The Bertz CT molecular complexity index is 3090. The average molecular weight is 735 g/mol. The van der Waals surface area contributed by atoms with Crippen molar-refractivity contribution in [1.82, 2.24) is 4.57 Å². The summed E-state index contributed by atoms with van der Waals surface area (Å²) in [6.07, 6.45) is 6.00. The van der Waals surface area contributed by atoms with Gasteiger partial charge in [0.15, 0.2) is 0 Å². The molecule has 0 saturated carbocycles. The maximum Gasteiger partial charge on any atom is 0.0554 e. The van der Waals surface area contributed by atoms with Gasteiger partial charge in [0.2, 0.25) is 0 Å². The zero-order valence-corrected chi connectivity index (χ0v) is 31.9. The first-order valence-electron chi connectivity index (χ1n) is 19.0. The zero-order valence-electron chi connectivity index (χ0n) is 31.1. The van der Waals surface area contributed by atoms with Gasteiger partial charge >= 0.3 is 0 Å². The van der Waals surface area contributed by atoms with Crippen LogP contribution in [0.15, 0.2) is 201 Å². The lowest BCUT2D eigenvalue weighted by molar-refractivity contribution is 1.18. The van der Waals surface area contributed by atoms with Crippen LogP contribution >= 0.6 is 11.3 Å². The lowest BCUT2D eigenvalue weighted by Crippen LogP contribution is -2.10. The van der Waals surface area contributed by atoms with E-state index >= 15 is 0 Å². The minimum Gasteiger partial charge on any atom is -0.310 e. The molecule has 2 nitrogen and oxygen atoms in total. The third-order valence-electron chi connectivity index (χ3n) is 10.9. The SMILES string of the molecule is C=C/C=C\c1cc2c(cc1C)c1c(-c3cccc(N(c4ccc(-c5ccccc5)cc4)c4cccc5sc6ccccc6c45)c3)cccc1n2-c1ccccc1. The predicted molar refractivity (Wildman–Crippen MR) is 243 cm³/mol. The molecule has 0 aliphatic rings. The molecule has 2 aromatic heterocycles. The van der Waals surface area contributed by atoms with Crippen molar-refractivity contribution < 1.29 is 0 Å². The zero-order chi connectivity index (χ0) is 37.6. The Hall–Kier alpha value is -6.94. The van der Waals surface area contributed by atoms with Gasteiger partial charge in [0.25, 0.3) is 0 Å². The molecule has 0 amide bonds. The third kappa shape index (κ3) is 5.72. The van der Waals surface area contributed by atoms with E-state index in [2.05, 4.69) is 211 Å².